The van der Waals surface area contributed by atoms with Gasteiger partial charge in [0.15, 0.2) is 0 Å². The Labute approximate surface area is 199 Å². The van der Waals surface area contributed by atoms with E-state index in [2.05, 4.69) is 26.6 Å². The van der Waals surface area contributed by atoms with Gasteiger partial charge in [-0.3, -0.25) is 14.4 Å². The Morgan fingerprint density at radius 3 is 2.53 bits per heavy atom. The van der Waals surface area contributed by atoms with Crippen molar-refractivity contribution in [3.8, 4) is 0 Å². The molecular formula is C23H38BrN3O5. The highest BCUT2D eigenvalue weighted by Gasteiger charge is 2.76. The fourth-order valence-electron chi connectivity index (χ4n) is 5.52. The SMILES string of the molecule is CCCNC(=O)[C@H]1[C@H]2C(=O)N(CCCCCCO)C(C(=O)NC(C)(C)C)C23CC(Br)[C@@H]1O3. The van der Waals surface area contributed by atoms with Crippen LogP contribution in [0.1, 0.15) is 66.2 Å². The molecular weight excluding hydrogens is 478 g/mol. The predicted octanol–water partition coefficient (Wildman–Crippen LogP) is 1.73. The summed E-state index contributed by atoms with van der Waals surface area (Å²) in [5.41, 5.74) is -1.45. The summed E-state index contributed by atoms with van der Waals surface area (Å²) in [5, 5.41) is 15.0. The van der Waals surface area contributed by atoms with Crippen LogP contribution in [0.4, 0.5) is 0 Å². The first-order chi connectivity index (χ1) is 15.1. The second kappa shape index (κ2) is 9.97. The van der Waals surface area contributed by atoms with Crippen molar-refractivity contribution in [1.29, 1.82) is 0 Å². The van der Waals surface area contributed by atoms with Gasteiger partial charge in [-0.15, -0.1) is 0 Å². The average Bonchev–Trinajstić information content (AvgIpc) is 3.28. The molecule has 0 aliphatic carbocycles. The molecule has 3 rings (SSSR count). The first-order valence-electron chi connectivity index (χ1n) is 11.9. The van der Waals surface area contributed by atoms with Crippen molar-refractivity contribution in [2.45, 2.75) is 94.3 Å². The Morgan fingerprint density at radius 2 is 1.91 bits per heavy atom. The summed E-state index contributed by atoms with van der Waals surface area (Å²) in [5.74, 6) is -1.79. The molecule has 3 heterocycles. The molecule has 2 bridgehead atoms. The van der Waals surface area contributed by atoms with E-state index in [0.29, 0.717) is 19.5 Å². The van der Waals surface area contributed by atoms with Gasteiger partial charge in [-0.05, 0) is 46.5 Å². The maximum atomic E-state index is 13.7. The molecule has 0 saturated carbocycles. The summed E-state index contributed by atoms with van der Waals surface area (Å²) in [7, 11) is 0. The summed E-state index contributed by atoms with van der Waals surface area (Å²) in [6.07, 6.45) is 4.11. The van der Waals surface area contributed by atoms with Crippen LogP contribution >= 0.6 is 15.9 Å². The van der Waals surface area contributed by atoms with E-state index in [4.69, 9.17) is 9.84 Å². The van der Waals surface area contributed by atoms with Crippen LogP contribution in [-0.2, 0) is 19.1 Å². The number of aliphatic hydroxyl groups excluding tert-OH is 1. The molecule has 32 heavy (non-hydrogen) atoms. The lowest BCUT2D eigenvalue weighted by Crippen LogP contribution is -2.58. The van der Waals surface area contributed by atoms with Crippen molar-refractivity contribution < 1.29 is 24.2 Å². The summed E-state index contributed by atoms with van der Waals surface area (Å²) >= 11 is 3.67. The quantitative estimate of drug-likeness (QED) is 0.303. The van der Waals surface area contributed by atoms with Gasteiger partial charge in [0.05, 0.1) is 17.9 Å². The molecule has 3 saturated heterocycles. The molecule has 0 aromatic heterocycles. The molecule has 8 nitrogen and oxygen atoms in total. The summed E-state index contributed by atoms with van der Waals surface area (Å²) in [6.45, 7) is 8.87. The molecule has 0 aromatic carbocycles. The number of fused-ring (bicyclic) bond motifs is 1. The minimum atomic E-state index is -0.995. The largest absolute Gasteiger partial charge is 0.396 e. The van der Waals surface area contributed by atoms with Crippen LogP contribution in [-0.4, -0.2) is 75.5 Å². The van der Waals surface area contributed by atoms with Gasteiger partial charge in [0, 0.05) is 30.1 Å². The van der Waals surface area contributed by atoms with E-state index in [1.807, 2.05) is 27.7 Å². The number of halogens is 1. The number of nitrogens with zero attached hydrogens (tertiary/aromatic N) is 1. The van der Waals surface area contributed by atoms with Crippen LogP contribution in [0.3, 0.4) is 0 Å². The second-order valence-corrected chi connectivity index (χ2v) is 11.5. The Kier molecular flexibility index (Phi) is 7.93. The Balaban J connectivity index is 1.90. The molecule has 6 atom stereocenters. The number of nitrogens with one attached hydrogen (secondary N) is 2. The van der Waals surface area contributed by atoms with Gasteiger partial charge in [0.25, 0.3) is 0 Å². The number of rotatable bonds is 10. The first-order valence-corrected chi connectivity index (χ1v) is 12.8. The third-order valence-electron chi connectivity index (χ3n) is 6.69. The highest BCUT2D eigenvalue weighted by atomic mass is 79.9. The fraction of sp³-hybridized carbons (Fsp3) is 0.870. The molecule has 3 aliphatic heterocycles. The second-order valence-electron chi connectivity index (χ2n) is 10.4. The predicted molar refractivity (Wildman–Crippen MR) is 124 cm³/mol. The zero-order valence-corrected chi connectivity index (χ0v) is 21.2. The van der Waals surface area contributed by atoms with Crippen LogP contribution in [0.5, 0.6) is 0 Å². The van der Waals surface area contributed by atoms with Crippen LogP contribution in [0.15, 0.2) is 0 Å². The molecule has 0 radical (unpaired) electrons. The highest BCUT2D eigenvalue weighted by molar-refractivity contribution is 9.09. The molecule has 1 spiro atoms. The third-order valence-corrected chi connectivity index (χ3v) is 7.54. The number of likely N-dealkylation sites (tertiary alicyclic amines) is 1. The summed E-state index contributed by atoms with van der Waals surface area (Å²) in [4.78, 5) is 41.8. The zero-order valence-electron chi connectivity index (χ0n) is 19.7. The fourth-order valence-corrected chi connectivity index (χ4v) is 6.46. The third kappa shape index (κ3) is 4.71. The summed E-state index contributed by atoms with van der Waals surface area (Å²) < 4.78 is 6.44. The minimum absolute atomic E-state index is 0.0848. The van der Waals surface area contributed by atoms with Crippen LogP contribution in [0, 0.1) is 11.8 Å². The molecule has 3 N–H and O–H groups in total. The molecule has 3 amide bonds. The Morgan fingerprint density at radius 1 is 1.22 bits per heavy atom. The van der Waals surface area contributed by atoms with E-state index in [1.54, 1.807) is 4.90 Å². The van der Waals surface area contributed by atoms with Crippen molar-refractivity contribution in [2.75, 3.05) is 19.7 Å². The minimum Gasteiger partial charge on any atom is -0.396 e. The molecule has 9 heteroatoms. The lowest BCUT2D eigenvalue weighted by atomic mass is 9.70. The smallest absolute Gasteiger partial charge is 0.246 e. The van der Waals surface area contributed by atoms with Gasteiger partial charge >= 0.3 is 0 Å². The Hall–Kier alpha value is -1.19. The van der Waals surface area contributed by atoms with Crippen molar-refractivity contribution in [3.63, 3.8) is 0 Å². The average molecular weight is 516 g/mol. The number of hydrogen-bond acceptors (Lipinski definition) is 5. The van der Waals surface area contributed by atoms with Crippen molar-refractivity contribution in [3.05, 3.63) is 0 Å². The van der Waals surface area contributed by atoms with Crippen LogP contribution < -0.4 is 10.6 Å². The number of carbonyl (C=O) groups excluding carboxylic acids is 3. The Bertz CT molecular complexity index is 727. The number of alkyl halides is 1. The van der Waals surface area contributed by atoms with Gasteiger partial charge in [-0.1, -0.05) is 35.7 Å². The lowest BCUT2D eigenvalue weighted by molar-refractivity contribution is -0.142. The number of ether oxygens (including phenoxy) is 1. The molecule has 182 valence electrons. The lowest BCUT2D eigenvalue weighted by Gasteiger charge is -2.36. The van der Waals surface area contributed by atoms with E-state index in [9.17, 15) is 14.4 Å². The topological polar surface area (TPSA) is 108 Å². The highest BCUT2D eigenvalue weighted by Crippen LogP contribution is 2.60. The van der Waals surface area contributed by atoms with E-state index in [-0.39, 0.29) is 29.2 Å². The van der Waals surface area contributed by atoms with Crippen molar-refractivity contribution in [2.24, 2.45) is 11.8 Å². The van der Waals surface area contributed by atoms with Gasteiger partial charge in [0.1, 0.15) is 11.6 Å². The van der Waals surface area contributed by atoms with Crippen molar-refractivity contribution >= 4 is 33.7 Å². The van der Waals surface area contributed by atoms with Crippen molar-refractivity contribution in [1.82, 2.24) is 15.5 Å². The molecule has 3 unspecified atom stereocenters. The van der Waals surface area contributed by atoms with Gasteiger partial charge in [-0.2, -0.15) is 0 Å². The number of aliphatic hydroxyl groups is 1. The normalized spacial score (nSPS) is 33.5. The van der Waals surface area contributed by atoms with E-state index in [0.717, 1.165) is 32.1 Å². The number of hydrogen-bond donors (Lipinski definition) is 3. The van der Waals surface area contributed by atoms with Crippen LogP contribution in [0.2, 0.25) is 0 Å². The van der Waals surface area contributed by atoms with Gasteiger partial charge < -0.3 is 25.4 Å². The summed E-state index contributed by atoms with van der Waals surface area (Å²) in [6, 6.07) is -0.758. The number of carbonyl (C=O) groups is 3. The standard InChI is InChI=1S/C23H38BrN3O5/c1-5-10-25-19(29)15-16-21(31)27(11-8-6-7-9-12-28)18(20(30)26-22(2,3)4)23(16)13-14(24)17(15)32-23/h14-18,28H,5-13H2,1-4H3,(H,25,29)(H,26,30)/t14?,15-,16-,17-,18?,23?/m0/s1. The van der Waals surface area contributed by atoms with E-state index in [1.165, 1.54) is 0 Å². The van der Waals surface area contributed by atoms with E-state index >= 15 is 0 Å². The van der Waals surface area contributed by atoms with Gasteiger partial charge in [0.2, 0.25) is 17.7 Å². The maximum Gasteiger partial charge on any atom is 0.246 e. The maximum absolute atomic E-state index is 13.7. The number of unbranched alkanes of at least 4 members (excludes halogenated alkanes) is 3. The molecule has 3 aliphatic rings. The monoisotopic (exact) mass is 515 g/mol. The van der Waals surface area contributed by atoms with Crippen LogP contribution in [0.25, 0.3) is 0 Å². The van der Waals surface area contributed by atoms with E-state index < -0.39 is 35.1 Å². The molecule has 3 fully saturated rings. The first kappa shape index (κ1) is 25.4. The van der Waals surface area contributed by atoms with Gasteiger partial charge in [-0.25, -0.2) is 0 Å². The zero-order chi connectivity index (χ0) is 23.7. The molecule has 0 aromatic rings. The number of amides is 3.